The van der Waals surface area contributed by atoms with Crippen molar-refractivity contribution in [3.63, 3.8) is 0 Å². The molecule has 0 saturated carbocycles. The Morgan fingerprint density at radius 1 is 1.17 bits per heavy atom. The molecule has 0 aliphatic carbocycles. The minimum Gasteiger partial charge on any atom is -0.469 e. The molecule has 2 heterocycles. The summed E-state index contributed by atoms with van der Waals surface area (Å²) in [6, 6.07) is 6.13. The topological polar surface area (TPSA) is 178 Å². The number of rotatable bonds is 15. The zero-order chi connectivity index (χ0) is 36.3. The first-order valence-corrected chi connectivity index (χ1v) is 15.6. The van der Waals surface area contributed by atoms with Crippen LogP contribution in [0.3, 0.4) is 0 Å². The van der Waals surface area contributed by atoms with Crippen LogP contribution < -0.4 is 5.32 Å². The molecule has 1 aromatic rings. The van der Waals surface area contributed by atoms with Gasteiger partial charge in [-0.25, -0.2) is 4.79 Å². The molecule has 0 bridgehead atoms. The van der Waals surface area contributed by atoms with Crippen LogP contribution in [0.4, 0.5) is 13.2 Å². The Kier molecular flexibility index (Phi) is 11.9. The predicted octanol–water partition coefficient (Wildman–Crippen LogP) is 2.61. The van der Waals surface area contributed by atoms with E-state index in [4.69, 9.17) is 18.9 Å². The molecule has 3 rings (SSSR count). The Morgan fingerprint density at radius 2 is 1.79 bits per heavy atom. The zero-order valence-corrected chi connectivity index (χ0v) is 27.8. The van der Waals surface area contributed by atoms with Crippen LogP contribution in [0.15, 0.2) is 42.0 Å². The summed E-state index contributed by atoms with van der Waals surface area (Å²) in [6.07, 6.45) is -7.33. The third kappa shape index (κ3) is 7.15. The lowest BCUT2D eigenvalue weighted by Crippen LogP contribution is -2.56. The summed E-state index contributed by atoms with van der Waals surface area (Å²) in [7, 11) is 1.86. The van der Waals surface area contributed by atoms with E-state index in [1.165, 1.54) is 45.0 Å². The van der Waals surface area contributed by atoms with E-state index in [-0.39, 0.29) is 44.3 Å². The Hall–Kier alpha value is -3.37. The van der Waals surface area contributed by atoms with Gasteiger partial charge in [0, 0.05) is 25.0 Å². The summed E-state index contributed by atoms with van der Waals surface area (Å²) in [5.74, 6) is -6.45. The first-order valence-electron chi connectivity index (χ1n) is 15.6. The van der Waals surface area contributed by atoms with Gasteiger partial charge in [0.1, 0.15) is 11.7 Å². The summed E-state index contributed by atoms with van der Waals surface area (Å²) >= 11 is 0. The molecule has 48 heavy (non-hydrogen) atoms. The number of alkyl halides is 3. The van der Waals surface area contributed by atoms with Crippen LogP contribution in [-0.2, 0) is 43.7 Å². The van der Waals surface area contributed by atoms with Gasteiger partial charge >= 0.3 is 18.1 Å². The van der Waals surface area contributed by atoms with E-state index < -0.39 is 81.9 Å². The zero-order valence-electron chi connectivity index (χ0n) is 27.8. The van der Waals surface area contributed by atoms with Crippen molar-refractivity contribution in [3.8, 4) is 0 Å². The standard InChI is InChI=1S/C33H44F3NO11/c1-7-21(25(39)45-5)18-20(3)24(48-28(41)32(46-6,33(34,35)36)22-13-9-8-10-14-22)29(4,42)15-11-12-19(2)23(38)31(44)26-30(43,16-17-47-26)37-27(31)40/h8-10,13-14,18-19,21,24,26,42-44H,7,11-12,15-17H2,1-6H3,(H,37,40)/b20-18+/t19?,21?,24-,26-,29-,30-,31-,32?/m0/s1. The van der Waals surface area contributed by atoms with E-state index in [0.717, 1.165) is 19.2 Å². The molecule has 8 atom stereocenters. The molecule has 3 unspecified atom stereocenters. The van der Waals surface area contributed by atoms with E-state index in [2.05, 4.69) is 5.32 Å². The number of Topliss-reactive ketones (excluding diaryl/α,β-unsaturated/α-hetero) is 1. The largest absolute Gasteiger partial charge is 0.469 e. The van der Waals surface area contributed by atoms with Crippen molar-refractivity contribution in [2.24, 2.45) is 11.8 Å². The summed E-state index contributed by atoms with van der Waals surface area (Å²) in [4.78, 5) is 51.9. The van der Waals surface area contributed by atoms with Crippen LogP contribution in [0.2, 0.25) is 0 Å². The molecule has 2 aliphatic heterocycles. The number of halogens is 3. The molecule has 0 spiro atoms. The van der Waals surface area contributed by atoms with Gasteiger partial charge in [-0.2, -0.15) is 13.2 Å². The molecule has 2 aliphatic rings. The first-order chi connectivity index (χ1) is 22.3. The Bertz CT molecular complexity index is 1380. The molecular formula is C33H44F3NO11. The maximum atomic E-state index is 14.7. The Balaban J connectivity index is 1.91. The highest BCUT2D eigenvalue weighted by atomic mass is 19.4. The van der Waals surface area contributed by atoms with Crippen LogP contribution >= 0.6 is 0 Å². The number of ether oxygens (including phenoxy) is 4. The average Bonchev–Trinajstić information content (AvgIpc) is 3.50. The number of benzene rings is 1. The Morgan fingerprint density at radius 3 is 2.33 bits per heavy atom. The van der Waals surface area contributed by atoms with Crippen LogP contribution in [0, 0.1) is 11.8 Å². The van der Waals surface area contributed by atoms with Crippen molar-refractivity contribution >= 4 is 23.6 Å². The number of carbonyl (C=O) groups excluding carboxylic acids is 4. The summed E-state index contributed by atoms with van der Waals surface area (Å²) in [5, 5.41) is 35.6. The highest BCUT2D eigenvalue weighted by molar-refractivity contribution is 6.12. The van der Waals surface area contributed by atoms with E-state index in [9.17, 15) is 47.7 Å². The second-order valence-corrected chi connectivity index (χ2v) is 12.6. The summed E-state index contributed by atoms with van der Waals surface area (Å²) in [6.45, 7) is 5.69. The number of fused-ring (bicyclic) bond motifs is 1. The Labute approximate surface area is 276 Å². The third-order valence-corrected chi connectivity index (χ3v) is 9.18. The van der Waals surface area contributed by atoms with Crippen molar-refractivity contribution in [1.82, 2.24) is 5.32 Å². The van der Waals surface area contributed by atoms with E-state index in [0.29, 0.717) is 7.11 Å². The predicted molar refractivity (Wildman–Crippen MR) is 162 cm³/mol. The highest BCUT2D eigenvalue weighted by Gasteiger charge is 2.69. The number of hydrogen-bond donors (Lipinski definition) is 4. The SMILES string of the molecule is CCC(/C=C(\C)[C@H](OC(=O)C(OC)(c1ccccc1)C(F)(F)F)[C@@](C)(O)CCCC(C)C(=O)[C@@]1(O)C(=O)N[C@]2(O)CCO[C@H]12)C(=O)OC. The minimum atomic E-state index is -5.30. The van der Waals surface area contributed by atoms with E-state index in [1.54, 1.807) is 6.92 Å². The molecule has 1 aromatic carbocycles. The number of esters is 2. The fraction of sp³-hybridized carbons (Fsp3) is 0.636. The molecule has 12 nitrogen and oxygen atoms in total. The number of carbonyl (C=O) groups is 4. The number of aliphatic hydroxyl groups is 3. The van der Waals surface area contributed by atoms with Gasteiger partial charge in [0.2, 0.25) is 5.60 Å². The number of methoxy groups -OCH3 is 2. The summed E-state index contributed by atoms with van der Waals surface area (Å²) < 4.78 is 64.5. The molecule has 268 valence electrons. The maximum absolute atomic E-state index is 14.7. The quantitative estimate of drug-likeness (QED) is 0.121. The fourth-order valence-electron chi connectivity index (χ4n) is 6.45. The van der Waals surface area contributed by atoms with Crippen molar-refractivity contribution in [2.45, 2.75) is 101 Å². The maximum Gasteiger partial charge on any atom is 0.432 e. The smallest absolute Gasteiger partial charge is 0.432 e. The van der Waals surface area contributed by atoms with Crippen LogP contribution in [0.1, 0.15) is 65.4 Å². The second kappa shape index (κ2) is 14.6. The number of ketones is 1. The first kappa shape index (κ1) is 39.1. The van der Waals surface area contributed by atoms with Crippen molar-refractivity contribution in [3.05, 3.63) is 47.5 Å². The van der Waals surface area contributed by atoms with Gasteiger partial charge in [0.25, 0.3) is 11.5 Å². The molecule has 1 amide bonds. The average molecular weight is 688 g/mol. The lowest BCUT2D eigenvalue weighted by molar-refractivity contribution is -0.280. The minimum absolute atomic E-state index is 0.000896. The third-order valence-electron chi connectivity index (χ3n) is 9.18. The van der Waals surface area contributed by atoms with Gasteiger partial charge < -0.3 is 39.6 Å². The van der Waals surface area contributed by atoms with Crippen LogP contribution in [0.25, 0.3) is 0 Å². The van der Waals surface area contributed by atoms with Gasteiger partial charge in [-0.05, 0) is 45.1 Å². The molecule has 2 fully saturated rings. The van der Waals surface area contributed by atoms with Gasteiger partial charge in [-0.1, -0.05) is 50.3 Å². The highest BCUT2D eigenvalue weighted by Crippen LogP contribution is 2.44. The molecule has 0 radical (unpaired) electrons. The molecular weight excluding hydrogens is 643 g/mol. The van der Waals surface area contributed by atoms with Gasteiger partial charge in [-0.15, -0.1) is 0 Å². The number of amides is 1. The fourth-order valence-corrected chi connectivity index (χ4v) is 6.45. The van der Waals surface area contributed by atoms with E-state index >= 15 is 0 Å². The molecule has 15 heteroatoms. The lowest BCUT2D eigenvalue weighted by atomic mass is 9.80. The molecule has 4 N–H and O–H groups in total. The van der Waals surface area contributed by atoms with Gasteiger partial charge in [-0.3, -0.25) is 14.4 Å². The molecule has 0 aromatic heterocycles. The van der Waals surface area contributed by atoms with Gasteiger partial charge in [0.05, 0.1) is 19.6 Å². The molecule has 2 saturated heterocycles. The van der Waals surface area contributed by atoms with E-state index in [1.807, 2.05) is 0 Å². The number of hydrogen-bond acceptors (Lipinski definition) is 11. The second-order valence-electron chi connectivity index (χ2n) is 12.6. The van der Waals surface area contributed by atoms with Crippen LogP contribution in [-0.4, -0.2) is 95.1 Å². The van der Waals surface area contributed by atoms with Crippen molar-refractivity contribution in [1.29, 1.82) is 0 Å². The summed E-state index contributed by atoms with van der Waals surface area (Å²) in [5.41, 5.74) is -10.7. The normalized spacial score (nSPS) is 27.1. The van der Waals surface area contributed by atoms with Gasteiger partial charge in [0.15, 0.2) is 17.6 Å². The monoisotopic (exact) mass is 687 g/mol. The van der Waals surface area contributed by atoms with Crippen molar-refractivity contribution < 1.29 is 66.6 Å². The lowest BCUT2D eigenvalue weighted by Gasteiger charge is -2.38. The number of nitrogens with one attached hydrogen (secondary N) is 1. The van der Waals surface area contributed by atoms with Crippen LogP contribution in [0.5, 0.6) is 0 Å². The van der Waals surface area contributed by atoms with Crippen molar-refractivity contribution in [2.75, 3.05) is 20.8 Å².